The zero-order chi connectivity index (χ0) is 5.86. The first kappa shape index (κ1) is 11.1. The fraction of sp³-hybridized carbons (Fsp3) is 0.800. The van der Waals surface area contributed by atoms with Crippen LogP contribution in [0, 0.1) is 5.92 Å². The van der Waals surface area contributed by atoms with Crippen molar-refractivity contribution in [3.05, 3.63) is 0 Å². The van der Waals surface area contributed by atoms with Crippen LogP contribution in [0.5, 0.6) is 0 Å². The minimum atomic E-state index is -0.713. The van der Waals surface area contributed by atoms with Gasteiger partial charge >= 0.3 is 5.97 Å². The summed E-state index contributed by atoms with van der Waals surface area (Å²) in [7, 11) is 0. The third kappa shape index (κ3) is 9.51. The molecule has 0 bridgehead atoms. The molecular formula is C5H10NbO2. The molecule has 0 heterocycles. The molecule has 1 radical (unpaired) electrons. The molecule has 0 aliphatic carbocycles. The van der Waals surface area contributed by atoms with Crippen LogP contribution >= 0.6 is 0 Å². The van der Waals surface area contributed by atoms with Gasteiger partial charge in [-0.15, -0.1) is 0 Å². The predicted molar refractivity (Wildman–Crippen MR) is 27.1 cm³/mol. The molecule has 0 rings (SSSR count). The summed E-state index contributed by atoms with van der Waals surface area (Å²) in [5.41, 5.74) is 0. The van der Waals surface area contributed by atoms with Crippen LogP contribution in [0.2, 0.25) is 0 Å². The van der Waals surface area contributed by atoms with Crippen molar-refractivity contribution < 1.29 is 32.3 Å². The smallest absolute Gasteiger partial charge is 0.303 e. The Labute approximate surface area is 64.8 Å². The molecule has 0 aliphatic rings. The number of aliphatic carboxylic acids is 1. The SMILES string of the molecule is CC(C)CC(=O)O.[Nb]. The second-order valence-corrected chi connectivity index (χ2v) is 1.99. The monoisotopic (exact) mass is 195 g/mol. The van der Waals surface area contributed by atoms with Gasteiger partial charge in [-0.2, -0.15) is 0 Å². The average molecular weight is 195 g/mol. The van der Waals surface area contributed by atoms with E-state index >= 15 is 0 Å². The first-order chi connectivity index (χ1) is 3.13. The fourth-order valence-electron chi connectivity index (χ4n) is 0.349. The van der Waals surface area contributed by atoms with Crippen LogP contribution in [0.25, 0.3) is 0 Å². The molecule has 0 aromatic carbocycles. The summed E-state index contributed by atoms with van der Waals surface area (Å²) < 4.78 is 0. The molecule has 2 nitrogen and oxygen atoms in total. The van der Waals surface area contributed by atoms with Gasteiger partial charge in [-0.05, 0) is 5.92 Å². The van der Waals surface area contributed by atoms with Gasteiger partial charge in [0.15, 0.2) is 0 Å². The molecule has 0 aromatic rings. The van der Waals surface area contributed by atoms with E-state index in [1.165, 1.54) is 0 Å². The second kappa shape index (κ2) is 5.35. The van der Waals surface area contributed by atoms with Gasteiger partial charge in [-0.3, -0.25) is 4.79 Å². The number of carboxylic acid groups (broad SMARTS) is 1. The van der Waals surface area contributed by atoms with E-state index in [9.17, 15) is 4.79 Å². The van der Waals surface area contributed by atoms with Crippen molar-refractivity contribution in [1.82, 2.24) is 0 Å². The summed E-state index contributed by atoms with van der Waals surface area (Å²) in [6.45, 7) is 3.77. The average Bonchev–Trinajstić information content (AvgIpc) is 1.27. The van der Waals surface area contributed by atoms with E-state index in [1.54, 1.807) is 0 Å². The van der Waals surface area contributed by atoms with Crippen molar-refractivity contribution in [2.75, 3.05) is 0 Å². The molecule has 0 saturated heterocycles. The molecule has 47 valence electrons. The third-order valence-corrected chi connectivity index (χ3v) is 0.583. The van der Waals surface area contributed by atoms with E-state index in [2.05, 4.69) is 0 Å². The summed E-state index contributed by atoms with van der Waals surface area (Å²) in [6, 6.07) is 0. The van der Waals surface area contributed by atoms with Crippen molar-refractivity contribution in [1.29, 1.82) is 0 Å². The molecule has 1 N–H and O–H groups in total. The van der Waals surface area contributed by atoms with Crippen LogP contribution in [0.3, 0.4) is 0 Å². The molecule has 0 aliphatic heterocycles. The molecule has 0 saturated carbocycles. The van der Waals surface area contributed by atoms with Gasteiger partial charge in [-0.1, -0.05) is 13.8 Å². The van der Waals surface area contributed by atoms with Crippen LogP contribution < -0.4 is 0 Å². The summed E-state index contributed by atoms with van der Waals surface area (Å²) in [6.07, 6.45) is 0.278. The zero-order valence-electron chi connectivity index (χ0n) is 5.09. The second-order valence-electron chi connectivity index (χ2n) is 1.99. The molecule has 0 aromatic heterocycles. The summed E-state index contributed by atoms with van der Waals surface area (Å²) >= 11 is 0. The maximum Gasteiger partial charge on any atom is 0.303 e. The minimum Gasteiger partial charge on any atom is -0.481 e. The number of carboxylic acids is 1. The van der Waals surface area contributed by atoms with E-state index in [0.29, 0.717) is 0 Å². The Kier molecular flexibility index (Phi) is 7.40. The van der Waals surface area contributed by atoms with E-state index in [1.807, 2.05) is 13.8 Å². The Hall–Kier alpha value is 0.210. The third-order valence-electron chi connectivity index (χ3n) is 0.583. The number of carbonyl (C=O) groups is 1. The van der Waals surface area contributed by atoms with Crippen molar-refractivity contribution in [2.24, 2.45) is 5.92 Å². The minimum absolute atomic E-state index is 0. The first-order valence-electron chi connectivity index (χ1n) is 2.34. The molecule has 0 amide bonds. The fourth-order valence-corrected chi connectivity index (χ4v) is 0.349. The van der Waals surface area contributed by atoms with Gasteiger partial charge in [-0.25, -0.2) is 0 Å². The normalized spacial score (nSPS) is 8.38. The van der Waals surface area contributed by atoms with Crippen molar-refractivity contribution in [3.8, 4) is 0 Å². The molecular weight excluding hydrogens is 185 g/mol. The summed E-state index contributed by atoms with van der Waals surface area (Å²) in [5.74, 6) is -0.438. The zero-order valence-corrected chi connectivity index (χ0v) is 7.29. The predicted octanol–water partition coefficient (Wildman–Crippen LogP) is 1.11. The van der Waals surface area contributed by atoms with Crippen molar-refractivity contribution >= 4 is 5.97 Å². The van der Waals surface area contributed by atoms with Crippen LogP contribution in [0.4, 0.5) is 0 Å². The molecule has 0 spiro atoms. The molecule has 8 heavy (non-hydrogen) atoms. The molecule has 3 heteroatoms. The van der Waals surface area contributed by atoms with Crippen molar-refractivity contribution in [3.63, 3.8) is 0 Å². The van der Waals surface area contributed by atoms with Crippen LogP contribution in [0.15, 0.2) is 0 Å². The Morgan fingerprint density at radius 1 is 1.62 bits per heavy atom. The van der Waals surface area contributed by atoms with Gasteiger partial charge < -0.3 is 5.11 Å². The molecule has 0 atom stereocenters. The first-order valence-corrected chi connectivity index (χ1v) is 2.34. The van der Waals surface area contributed by atoms with Gasteiger partial charge in [0.2, 0.25) is 0 Å². The van der Waals surface area contributed by atoms with Crippen LogP contribution in [0.1, 0.15) is 20.3 Å². The number of rotatable bonds is 2. The topological polar surface area (TPSA) is 37.3 Å². The van der Waals surface area contributed by atoms with Gasteiger partial charge in [0.1, 0.15) is 0 Å². The van der Waals surface area contributed by atoms with Crippen molar-refractivity contribution in [2.45, 2.75) is 20.3 Å². The molecule has 0 unspecified atom stereocenters. The standard InChI is InChI=1S/C5H10O2.Nb/c1-4(2)3-5(6)7;/h4H,3H2,1-2H3,(H,6,7);. The number of hydrogen-bond donors (Lipinski definition) is 1. The van der Waals surface area contributed by atoms with Crippen LogP contribution in [-0.2, 0) is 27.2 Å². The maximum absolute atomic E-state index is 9.81. The van der Waals surface area contributed by atoms with Gasteiger partial charge in [0.05, 0.1) is 0 Å². The van der Waals surface area contributed by atoms with E-state index in [4.69, 9.17) is 5.11 Å². The largest absolute Gasteiger partial charge is 0.481 e. The van der Waals surface area contributed by atoms with E-state index in [0.717, 1.165) is 0 Å². The van der Waals surface area contributed by atoms with E-state index < -0.39 is 5.97 Å². The number of hydrogen-bond acceptors (Lipinski definition) is 1. The Bertz CT molecular complexity index is 70.8. The summed E-state index contributed by atoms with van der Waals surface area (Å²) in [5, 5.41) is 8.08. The maximum atomic E-state index is 9.81. The van der Waals surface area contributed by atoms with Gasteiger partial charge in [0, 0.05) is 28.8 Å². The Morgan fingerprint density at radius 2 is 2.00 bits per heavy atom. The molecule has 0 fully saturated rings. The van der Waals surface area contributed by atoms with E-state index in [-0.39, 0.29) is 34.7 Å². The van der Waals surface area contributed by atoms with Gasteiger partial charge in [0.25, 0.3) is 0 Å². The Balaban J connectivity index is 0. The quantitative estimate of drug-likeness (QED) is 0.670. The van der Waals surface area contributed by atoms with Crippen LogP contribution in [-0.4, -0.2) is 11.1 Å². The Morgan fingerprint density at radius 3 is 2.00 bits per heavy atom. The summed E-state index contributed by atoms with van der Waals surface area (Å²) in [4.78, 5) is 9.81.